The van der Waals surface area contributed by atoms with Crippen LogP contribution in [0, 0.1) is 5.92 Å². The second-order valence-electron chi connectivity index (χ2n) is 3.48. The molecule has 0 bridgehead atoms. The van der Waals surface area contributed by atoms with Crippen molar-refractivity contribution in [3.63, 3.8) is 0 Å². The van der Waals surface area contributed by atoms with Crippen LogP contribution in [0.15, 0.2) is 12.2 Å². The second-order valence-corrected chi connectivity index (χ2v) is 5.06. The van der Waals surface area contributed by atoms with E-state index in [2.05, 4.69) is 4.74 Å². The molecule has 0 saturated carbocycles. The summed E-state index contributed by atoms with van der Waals surface area (Å²) in [6.45, 7) is 2.52. The number of hydrogen-bond acceptors (Lipinski definition) is 6. The van der Waals surface area contributed by atoms with Crippen LogP contribution in [0.25, 0.3) is 0 Å². The van der Waals surface area contributed by atoms with Crippen molar-refractivity contribution in [2.45, 2.75) is 13.8 Å². The summed E-state index contributed by atoms with van der Waals surface area (Å²) in [7, 11) is -4.15. The maximum absolute atomic E-state index is 11.3. The Labute approximate surface area is 131 Å². The van der Waals surface area contributed by atoms with Gasteiger partial charge >= 0.3 is 35.0 Å². The molecule has 108 valence electrons. The summed E-state index contributed by atoms with van der Waals surface area (Å²) < 4.78 is 38.4. The number of carbonyl (C=O) groups is 2. The Morgan fingerprint density at radius 3 is 2.42 bits per heavy atom. The molecule has 0 aliphatic heterocycles. The fourth-order valence-electron chi connectivity index (χ4n) is 0.849. The minimum Gasteiger partial charge on any atom is -1.00 e. The summed E-state index contributed by atoms with van der Waals surface area (Å²) in [5.74, 6) is -2.65. The molecule has 0 aromatic carbocycles. The van der Waals surface area contributed by atoms with Crippen molar-refractivity contribution in [1.29, 1.82) is 0 Å². The quantitative estimate of drug-likeness (QED) is 0.306. The van der Waals surface area contributed by atoms with E-state index in [1.807, 2.05) is 0 Å². The van der Waals surface area contributed by atoms with Crippen LogP contribution < -0.4 is 0 Å². The third-order valence-electron chi connectivity index (χ3n) is 1.77. The molecular weight excluding hydrogens is 288 g/mol. The zero-order valence-electron chi connectivity index (χ0n) is 12.9. The molecule has 0 heterocycles. The summed E-state index contributed by atoms with van der Waals surface area (Å²) in [6, 6.07) is 0. The third kappa shape index (κ3) is 12.1. The van der Waals surface area contributed by atoms with Gasteiger partial charge in [-0.15, -0.1) is 0 Å². The zero-order chi connectivity index (χ0) is 14.2. The van der Waals surface area contributed by atoms with Crippen LogP contribution in [0.3, 0.4) is 0 Å². The molecule has 9 heteroatoms. The number of carbonyl (C=O) groups excluding carboxylic acids is 2. The molecule has 0 radical (unpaired) electrons. The summed E-state index contributed by atoms with van der Waals surface area (Å²) in [5.41, 5.74) is 0. The zero-order valence-corrected chi connectivity index (χ0v) is 13.1. The number of rotatable bonds is 7. The van der Waals surface area contributed by atoms with E-state index in [-0.39, 0.29) is 32.5 Å². The van der Waals surface area contributed by atoms with E-state index in [4.69, 9.17) is 9.29 Å². The maximum Gasteiger partial charge on any atom is 2.00 e. The molecule has 19 heavy (non-hydrogen) atoms. The van der Waals surface area contributed by atoms with Crippen molar-refractivity contribution < 1.29 is 34.9 Å². The third-order valence-corrected chi connectivity index (χ3v) is 2.45. The Kier molecular flexibility index (Phi) is 11.1. The van der Waals surface area contributed by atoms with E-state index in [1.165, 1.54) is 19.1 Å². The first-order chi connectivity index (χ1) is 8.26. The Hall–Kier alpha value is -0.644. The van der Waals surface area contributed by atoms with E-state index >= 15 is 0 Å². The Bertz CT molecular complexity index is 425. The van der Waals surface area contributed by atoms with Crippen molar-refractivity contribution in [3.05, 3.63) is 12.2 Å². The van der Waals surface area contributed by atoms with E-state index in [0.717, 1.165) is 0 Å². The number of esters is 2. The van der Waals surface area contributed by atoms with Gasteiger partial charge in [0, 0.05) is 6.08 Å². The van der Waals surface area contributed by atoms with E-state index in [1.54, 1.807) is 6.92 Å². The van der Waals surface area contributed by atoms with Gasteiger partial charge in [0.05, 0.1) is 5.92 Å². The van der Waals surface area contributed by atoms with E-state index in [9.17, 15) is 18.0 Å². The molecule has 1 unspecified atom stereocenters. The molecule has 1 N–H and O–H groups in total. The van der Waals surface area contributed by atoms with Crippen LogP contribution in [0.1, 0.15) is 16.7 Å². The summed E-state index contributed by atoms with van der Waals surface area (Å²) >= 11 is 0. The first kappa shape index (κ1) is 20.7. The van der Waals surface area contributed by atoms with Gasteiger partial charge in [-0.3, -0.25) is 9.35 Å². The van der Waals surface area contributed by atoms with Gasteiger partial charge in [-0.1, -0.05) is 6.08 Å². The number of ether oxygens (including phenoxy) is 2. The number of allylic oxidation sites excluding steroid dienone is 1. The summed E-state index contributed by atoms with van der Waals surface area (Å²) in [5, 5.41) is 0. The molecule has 0 aliphatic carbocycles. The van der Waals surface area contributed by atoms with Crippen LogP contribution in [0.2, 0.25) is 0 Å². The summed E-state index contributed by atoms with van der Waals surface area (Å²) in [4.78, 5) is 22.2. The fourth-order valence-corrected chi connectivity index (χ4v) is 1.14. The molecule has 0 saturated heterocycles. The van der Waals surface area contributed by atoms with Crippen LogP contribution in [-0.4, -0.2) is 66.9 Å². The predicted molar refractivity (Wildman–Crippen MR) is 70.3 cm³/mol. The fraction of sp³-hybridized carbons (Fsp3) is 0.600. The van der Waals surface area contributed by atoms with Gasteiger partial charge in [0.2, 0.25) is 0 Å². The normalized spacial score (nSPS) is 12.6. The number of hydrogen-bond donors (Lipinski definition) is 1. The van der Waals surface area contributed by atoms with Gasteiger partial charge in [-0.2, -0.15) is 8.42 Å². The summed E-state index contributed by atoms with van der Waals surface area (Å²) in [6.07, 6.45) is 2.70. The van der Waals surface area contributed by atoms with Crippen molar-refractivity contribution in [2.24, 2.45) is 5.92 Å². The van der Waals surface area contributed by atoms with Gasteiger partial charge in [0.1, 0.15) is 19.0 Å². The largest absolute Gasteiger partial charge is 2.00 e. The average molecular weight is 307 g/mol. The molecule has 0 aromatic heterocycles. The monoisotopic (exact) mass is 306 g/mol. The van der Waals surface area contributed by atoms with Crippen molar-refractivity contribution in [1.82, 2.24) is 0 Å². The van der Waals surface area contributed by atoms with Gasteiger partial charge < -0.3 is 12.3 Å². The van der Waals surface area contributed by atoms with E-state index in [0.29, 0.717) is 0 Å². The molecule has 1 atom stereocenters. The van der Waals surface area contributed by atoms with Crippen LogP contribution >= 0.6 is 0 Å². The second kappa shape index (κ2) is 10.2. The van der Waals surface area contributed by atoms with Gasteiger partial charge in [-0.25, -0.2) is 4.79 Å². The van der Waals surface area contributed by atoms with Crippen molar-refractivity contribution in [2.75, 3.05) is 19.0 Å². The SMILES string of the molecule is CC=CC(=O)OCC(C)C(=O)OCCS(=O)(=O)O.[H-].[H-].[Mg+2]. The first-order valence-electron chi connectivity index (χ1n) is 5.17. The molecular formula is C10H18MgO7S. The van der Waals surface area contributed by atoms with Gasteiger partial charge in [-0.05, 0) is 13.8 Å². The Morgan fingerprint density at radius 2 is 1.95 bits per heavy atom. The Morgan fingerprint density at radius 1 is 1.37 bits per heavy atom. The smallest absolute Gasteiger partial charge is 1.00 e. The predicted octanol–water partition coefficient (Wildman–Crippen LogP) is 0.0170. The minimum absolute atomic E-state index is 0. The molecule has 0 fully saturated rings. The van der Waals surface area contributed by atoms with Gasteiger partial charge in [0.15, 0.2) is 0 Å². The topological polar surface area (TPSA) is 107 Å². The molecule has 7 nitrogen and oxygen atoms in total. The average Bonchev–Trinajstić information content (AvgIpc) is 2.24. The van der Waals surface area contributed by atoms with Crippen molar-refractivity contribution >= 4 is 45.1 Å². The molecule has 0 aromatic rings. The van der Waals surface area contributed by atoms with Crippen LogP contribution in [0.5, 0.6) is 0 Å². The standard InChI is InChI=1S/C10H16O7S.Mg.2H/c1-3-4-9(11)17-7-8(2)10(12)16-5-6-18(13,14)15;;;/h3-4,8H,5-7H2,1-2H3,(H,13,14,15);;;/q;+2;2*-1. The molecule has 0 spiro atoms. The maximum atomic E-state index is 11.3. The molecule has 0 rings (SSSR count). The van der Waals surface area contributed by atoms with Crippen molar-refractivity contribution in [3.8, 4) is 0 Å². The first-order valence-corrected chi connectivity index (χ1v) is 6.78. The molecule has 0 amide bonds. The van der Waals surface area contributed by atoms with Crippen LogP contribution in [-0.2, 0) is 29.2 Å². The molecule has 0 aliphatic rings. The minimum atomic E-state index is -4.15. The Balaban J connectivity index is -0.000000482. The van der Waals surface area contributed by atoms with E-state index < -0.39 is 40.3 Å². The van der Waals surface area contributed by atoms with Crippen LogP contribution in [0.4, 0.5) is 0 Å². The van der Waals surface area contributed by atoms with Gasteiger partial charge in [0.25, 0.3) is 10.1 Å².